The maximum atomic E-state index is 4.25. The van der Waals surface area contributed by atoms with Crippen LogP contribution in [0.15, 0.2) is 17.4 Å². The molecule has 3 nitrogen and oxygen atoms in total. The summed E-state index contributed by atoms with van der Waals surface area (Å²) in [6, 6.07) is 0. The van der Waals surface area contributed by atoms with E-state index in [0.717, 1.165) is 10.7 Å². The maximum absolute atomic E-state index is 4.25. The quantitative estimate of drug-likeness (QED) is 0.634. The first-order chi connectivity index (χ1) is 7.17. The van der Waals surface area contributed by atoms with Crippen molar-refractivity contribution in [1.29, 1.82) is 0 Å². The molecule has 2 heterocycles. The monoisotopic (exact) mass is 203 g/mol. The summed E-state index contributed by atoms with van der Waals surface area (Å²) in [6.45, 7) is 8.18. The molecule has 80 valence electrons. The third kappa shape index (κ3) is 2.98. The lowest BCUT2D eigenvalue weighted by molar-refractivity contribution is 0.738. The van der Waals surface area contributed by atoms with Crippen molar-refractivity contribution in [3.63, 3.8) is 0 Å². The number of hydrogen-bond donors (Lipinski definition) is 0. The second kappa shape index (κ2) is 4.82. The van der Waals surface area contributed by atoms with Crippen LogP contribution >= 0.6 is 0 Å². The third-order valence-corrected chi connectivity index (χ3v) is 1.87. The lowest BCUT2D eigenvalue weighted by Gasteiger charge is -2.10. The van der Waals surface area contributed by atoms with Crippen LogP contribution in [0.5, 0.6) is 0 Å². The van der Waals surface area contributed by atoms with Crippen LogP contribution in [0, 0.1) is 5.41 Å². The summed E-state index contributed by atoms with van der Waals surface area (Å²) in [7, 11) is 0. The van der Waals surface area contributed by atoms with Crippen LogP contribution in [-0.2, 0) is 0 Å². The molecule has 0 saturated carbocycles. The fraction of sp³-hybridized carbons (Fsp3) is 0.417. The van der Waals surface area contributed by atoms with E-state index < -0.39 is 0 Å². The molecule has 1 aliphatic heterocycles. The molecule has 1 aromatic heterocycles. The molecule has 2 rings (SSSR count). The molecule has 0 bridgehead atoms. The van der Waals surface area contributed by atoms with Gasteiger partial charge in [-0.2, -0.15) is 0 Å². The number of rotatable bonds is 0. The highest BCUT2D eigenvalue weighted by Crippen LogP contribution is 2.13. The van der Waals surface area contributed by atoms with Gasteiger partial charge >= 0.3 is 0 Å². The Balaban J connectivity index is 0.000000531. The Bertz CT molecular complexity index is 458. The fourth-order valence-corrected chi connectivity index (χ4v) is 1.26. The molecule has 0 aromatic carbocycles. The van der Waals surface area contributed by atoms with Crippen LogP contribution in [0.1, 0.15) is 27.7 Å². The summed E-state index contributed by atoms with van der Waals surface area (Å²) >= 11 is 0. The van der Waals surface area contributed by atoms with Crippen molar-refractivity contribution in [2.75, 3.05) is 0 Å². The molecule has 0 N–H and O–H groups in total. The Labute approximate surface area is 90.3 Å². The molecular formula is C12H17N3. The van der Waals surface area contributed by atoms with Crippen molar-refractivity contribution in [3.05, 3.63) is 23.1 Å². The van der Waals surface area contributed by atoms with Gasteiger partial charge in [0.1, 0.15) is 5.35 Å². The van der Waals surface area contributed by atoms with Crippen molar-refractivity contribution in [2.45, 2.75) is 27.7 Å². The minimum absolute atomic E-state index is 0.0439. The van der Waals surface area contributed by atoms with E-state index in [1.54, 1.807) is 18.6 Å². The van der Waals surface area contributed by atoms with Gasteiger partial charge in [-0.05, 0) is 6.08 Å². The summed E-state index contributed by atoms with van der Waals surface area (Å²) in [5.74, 6) is 0. The lowest BCUT2D eigenvalue weighted by Crippen LogP contribution is -2.31. The predicted octanol–water partition coefficient (Wildman–Crippen LogP) is 1.13. The summed E-state index contributed by atoms with van der Waals surface area (Å²) in [6.07, 6.45) is 9.09. The summed E-state index contributed by atoms with van der Waals surface area (Å²) < 4.78 is 0. The molecular weight excluding hydrogens is 186 g/mol. The smallest absolute Gasteiger partial charge is 0.107 e. The van der Waals surface area contributed by atoms with E-state index in [4.69, 9.17) is 0 Å². The summed E-state index contributed by atoms with van der Waals surface area (Å²) in [4.78, 5) is 12.6. The third-order valence-electron chi connectivity index (χ3n) is 1.87. The molecule has 0 fully saturated rings. The molecule has 0 unspecified atom stereocenters. The molecule has 0 spiro atoms. The van der Waals surface area contributed by atoms with Crippen LogP contribution in [0.2, 0.25) is 0 Å². The van der Waals surface area contributed by atoms with Gasteiger partial charge in [0.25, 0.3) is 0 Å². The zero-order chi connectivity index (χ0) is 11.3. The number of nitrogens with zero attached hydrogens (tertiary/aromatic N) is 3. The van der Waals surface area contributed by atoms with E-state index in [0.29, 0.717) is 0 Å². The standard InChI is InChI=1S/C10H11N3.C2H6/c1-10(2)5-8-9(6-11-7-10)13-4-3-12-8;1-2/h3-7H,1-2H3;1-2H3. The average molecular weight is 203 g/mol. The first-order valence-corrected chi connectivity index (χ1v) is 5.22. The number of fused-ring (bicyclic) bond motifs is 1. The van der Waals surface area contributed by atoms with Gasteiger partial charge < -0.3 is 0 Å². The van der Waals surface area contributed by atoms with Crippen molar-refractivity contribution in [3.8, 4) is 0 Å². The number of hydrogen-bond acceptors (Lipinski definition) is 3. The van der Waals surface area contributed by atoms with Gasteiger partial charge in [0, 0.05) is 24.0 Å². The van der Waals surface area contributed by atoms with Gasteiger partial charge in [0.05, 0.1) is 11.5 Å². The van der Waals surface area contributed by atoms with E-state index in [9.17, 15) is 0 Å². The lowest BCUT2D eigenvalue weighted by atomic mass is 9.95. The highest BCUT2D eigenvalue weighted by atomic mass is 14.8. The Hall–Kier alpha value is -1.51. The molecule has 0 amide bonds. The minimum atomic E-state index is -0.0439. The molecule has 15 heavy (non-hydrogen) atoms. The fourth-order valence-electron chi connectivity index (χ4n) is 1.26. The summed E-state index contributed by atoms with van der Waals surface area (Å²) in [5.41, 5.74) is -0.0439. The molecule has 1 aromatic rings. The summed E-state index contributed by atoms with van der Waals surface area (Å²) in [5, 5.41) is 1.74. The van der Waals surface area contributed by atoms with Gasteiger partial charge in [-0.25, -0.2) is 0 Å². The van der Waals surface area contributed by atoms with Crippen LogP contribution in [-0.4, -0.2) is 16.2 Å². The normalized spacial score (nSPS) is 16.0. The van der Waals surface area contributed by atoms with Crippen molar-refractivity contribution in [1.82, 2.24) is 9.97 Å². The number of aromatic nitrogens is 2. The van der Waals surface area contributed by atoms with E-state index in [-0.39, 0.29) is 5.41 Å². The Morgan fingerprint density at radius 2 is 1.60 bits per heavy atom. The first-order valence-electron chi connectivity index (χ1n) is 5.22. The Kier molecular flexibility index (Phi) is 3.72. The van der Waals surface area contributed by atoms with Gasteiger partial charge in [-0.3, -0.25) is 15.0 Å². The van der Waals surface area contributed by atoms with E-state index >= 15 is 0 Å². The van der Waals surface area contributed by atoms with Gasteiger partial charge in [0.2, 0.25) is 0 Å². The van der Waals surface area contributed by atoms with Gasteiger partial charge in [0.15, 0.2) is 0 Å². The van der Waals surface area contributed by atoms with E-state index in [2.05, 4.69) is 34.9 Å². The highest BCUT2D eigenvalue weighted by molar-refractivity contribution is 5.76. The van der Waals surface area contributed by atoms with Crippen molar-refractivity contribution in [2.24, 2.45) is 10.4 Å². The van der Waals surface area contributed by atoms with E-state index in [1.165, 1.54) is 0 Å². The topological polar surface area (TPSA) is 38.1 Å². The maximum Gasteiger partial charge on any atom is 0.107 e. The highest BCUT2D eigenvalue weighted by Gasteiger charge is 2.12. The zero-order valence-electron chi connectivity index (χ0n) is 9.73. The molecule has 0 aliphatic carbocycles. The molecule has 1 aliphatic rings. The SMILES string of the molecule is CC.CC1(C)C=NC=c2nccnc2=C1. The minimum Gasteiger partial charge on any atom is -0.266 e. The first kappa shape index (κ1) is 11.6. The second-order valence-electron chi connectivity index (χ2n) is 3.70. The second-order valence-corrected chi connectivity index (χ2v) is 3.70. The Morgan fingerprint density at radius 1 is 1.00 bits per heavy atom. The van der Waals surface area contributed by atoms with Gasteiger partial charge in [-0.15, -0.1) is 0 Å². The van der Waals surface area contributed by atoms with Crippen LogP contribution < -0.4 is 10.7 Å². The molecule has 0 radical (unpaired) electrons. The largest absolute Gasteiger partial charge is 0.266 e. The molecule has 0 atom stereocenters. The van der Waals surface area contributed by atoms with Crippen molar-refractivity contribution >= 4 is 18.5 Å². The number of aliphatic imine (C=N–C) groups is 1. The van der Waals surface area contributed by atoms with Crippen LogP contribution in [0.25, 0.3) is 12.3 Å². The molecule has 3 heteroatoms. The molecule has 0 saturated heterocycles. The average Bonchev–Trinajstić information content (AvgIpc) is 2.37. The van der Waals surface area contributed by atoms with E-state index in [1.807, 2.05) is 20.1 Å². The zero-order valence-corrected chi connectivity index (χ0v) is 9.73. The van der Waals surface area contributed by atoms with Crippen LogP contribution in [0.4, 0.5) is 0 Å². The predicted molar refractivity (Wildman–Crippen MR) is 63.8 cm³/mol. The van der Waals surface area contributed by atoms with Gasteiger partial charge in [-0.1, -0.05) is 27.7 Å². The van der Waals surface area contributed by atoms with Crippen molar-refractivity contribution < 1.29 is 0 Å². The Morgan fingerprint density at radius 3 is 2.27 bits per heavy atom. The van der Waals surface area contributed by atoms with Crippen LogP contribution in [0.3, 0.4) is 0 Å².